The number of nitrogens with one attached hydrogen (secondary N) is 1. The quantitative estimate of drug-likeness (QED) is 0.657. The van der Waals surface area contributed by atoms with Gasteiger partial charge in [0.05, 0.1) is 18.0 Å². The number of carbonyl (C=O) groups is 1. The van der Waals surface area contributed by atoms with Gasteiger partial charge in [-0.15, -0.1) is 4.40 Å². The maximum atomic E-state index is 12.6. The van der Waals surface area contributed by atoms with E-state index in [4.69, 9.17) is 4.74 Å². The number of benzene rings is 2. The van der Waals surface area contributed by atoms with Gasteiger partial charge in [-0.2, -0.15) is 0 Å². The molecule has 1 amide bonds. The molecule has 2 aromatic carbocycles. The third kappa shape index (κ3) is 4.62. The van der Waals surface area contributed by atoms with Gasteiger partial charge >= 0.3 is 0 Å². The number of amidine groups is 1. The van der Waals surface area contributed by atoms with Crippen LogP contribution >= 0.6 is 11.8 Å². The van der Waals surface area contributed by atoms with Crippen LogP contribution in [0.3, 0.4) is 0 Å². The van der Waals surface area contributed by atoms with E-state index in [1.54, 1.807) is 12.1 Å². The minimum absolute atomic E-state index is 0.0000396. The van der Waals surface area contributed by atoms with Crippen molar-refractivity contribution in [2.24, 2.45) is 4.40 Å². The average Bonchev–Trinajstić information content (AvgIpc) is 3.07. The molecule has 0 aliphatic carbocycles. The molecule has 0 radical (unpaired) electrons. The van der Waals surface area contributed by atoms with Gasteiger partial charge in [-0.25, -0.2) is 8.42 Å². The minimum atomic E-state index is -3.40. The van der Waals surface area contributed by atoms with E-state index in [0.29, 0.717) is 30.4 Å². The first kappa shape index (κ1) is 20.7. The third-order valence-electron chi connectivity index (χ3n) is 4.85. The first-order valence-electron chi connectivity index (χ1n) is 9.87. The molecule has 0 spiro atoms. The fourth-order valence-corrected chi connectivity index (χ4v) is 5.53. The number of fused-ring (bicyclic) bond motifs is 3. The standard InChI is InChI=1S/C21H23N3O4S2/c1-2-3-10-28-17-6-4-5-15(12-17)14-22-20(25)16-7-8-18-19(13-16)29-21-23-30(26,27)11-9-24(18)21/h4-8,12-13H,2-3,9-11,14H2,1H3,(H,22,25). The van der Waals surface area contributed by atoms with Crippen LogP contribution in [-0.2, 0) is 16.6 Å². The first-order chi connectivity index (χ1) is 14.4. The maximum absolute atomic E-state index is 12.6. The summed E-state index contributed by atoms with van der Waals surface area (Å²) in [6.45, 7) is 3.57. The van der Waals surface area contributed by atoms with Crippen molar-refractivity contribution in [3.05, 3.63) is 53.6 Å². The Hall–Kier alpha value is -2.52. The zero-order chi connectivity index (χ0) is 21.1. The number of hydrogen-bond acceptors (Lipinski definition) is 6. The van der Waals surface area contributed by atoms with E-state index >= 15 is 0 Å². The summed E-state index contributed by atoms with van der Waals surface area (Å²) in [5, 5.41) is 3.39. The van der Waals surface area contributed by atoms with Crippen LogP contribution in [0.1, 0.15) is 35.7 Å². The van der Waals surface area contributed by atoms with Crippen molar-refractivity contribution in [3.8, 4) is 5.75 Å². The highest BCUT2D eigenvalue weighted by Crippen LogP contribution is 2.42. The number of thioether (sulfide) groups is 1. The number of unbranched alkanes of at least 4 members (excludes halogenated alkanes) is 1. The molecule has 0 fully saturated rings. The predicted octanol–water partition coefficient (Wildman–Crippen LogP) is 3.41. The second kappa shape index (κ2) is 8.69. The lowest BCUT2D eigenvalue weighted by atomic mass is 10.1. The molecule has 158 valence electrons. The van der Waals surface area contributed by atoms with Crippen LogP contribution in [-0.4, -0.2) is 38.4 Å². The second-order valence-electron chi connectivity index (χ2n) is 7.13. The molecule has 0 aromatic heterocycles. The molecule has 30 heavy (non-hydrogen) atoms. The molecule has 0 atom stereocenters. The van der Waals surface area contributed by atoms with Crippen LogP contribution in [0.5, 0.6) is 5.75 Å². The largest absolute Gasteiger partial charge is 0.494 e. The molecule has 2 aromatic rings. The van der Waals surface area contributed by atoms with Crippen molar-refractivity contribution in [2.75, 3.05) is 23.8 Å². The first-order valence-corrected chi connectivity index (χ1v) is 12.3. The van der Waals surface area contributed by atoms with E-state index in [0.717, 1.165) is 34.7 Å². The van der Waals surface area contributed by atoms with Crippen molar-refractivity contribution in [2.45, 2.75) is 31.2 Å². The molecule has 9 heteroatoms. The molecular weight excluding hydrogens is 422 g/mol. The summed E-state index contributed by atoms with van der Waals surface area (Å²) >= 11 is 1.28. The highest BCUT2D eigenvalue weighted by molar-refractivity contribution is 8.15. The van der Waals surface area contributed by atoms with E-state index in [1.165, 1.54) is 11.8 Å². The van der Waals surface area contributed by atoms with Gasteiger partial charge in [-0.05, 0) is 54.1 Å². The highest BCUT2D eigenvalue weighted by Gasteiger charge is 2.33. The van der Waals surface area contributed by atoms with E-state index in [9.17, 15) is 13.2 Å². The Kier molecular flexibility index (Phi) is 6.01. The normalized spacial score (nSPS) is 16.4. The summed E-state index contributed by atoms with van der Waals surface area (Å²) in [6.07, 6.45) is 2.09. The second-order valence-corrected chi connectivity index (χ2v) is 9.89. The number of carbonyl (C=O) groups excluding carboxylic acids is 1. The van der Waals surface area contributed by atoms with Crippen molar-refractivity contribution < 1.29 is 17.9 Å². The van der Waals surface area contributed by atoms with Crippen molar-refractivity contribution in [3.63, 3.8) is 0 Å². The van der Waals surface area contributed by atoms with Gasteiger partial charge in [0.2, 0.25) is 0 Å². The Morgan fingerprint density at radius 3 is 2.97 bits per heavy atom. The van der Waals surface area contributed by atoms with Gasteiger partial charge in [0.25, 0.3) is 15.9 Å². The molecule has 0 bridgehead atoms. The lowest BCUT2D eigenvalue weighted by molar-refractivity contribution is 0.0950. The zero-order valence-corrected chi connectivity index (χ0v) is 18.3. The number of sulfonamides is 1. The number of hydrogen-bond donors (Lipinski definition) is 1. The van der Waals surface area contributed by atoms with Crippen molar-refractivity contribution >= 4 is 38.5 Å². The molecule has 2 heterocycles. The fourth-order valence-electron chi connectivity index (χ4n) is 3.24. The molecule has 0 saturated carbocycles. The lowest BCUT2D eigenvalue weighted by Gasteiger charge is -2.22. The van der Waals surface area contributed by atoms with Crippen molar-refractivity contribution in [1.29, 1.82) is 0 Å². The van der Waals surface area contributed by atoms with Gasteiger partial charge in [0, 0.05) is 23.5 Å². The van der Waals surface area contributed by atoms with Gasteiger partial charge in [-0.3, -0.25) is 4.79 Å². The molecule has 7 nitrogen and oxygen atoms in total. The zero-order valence-electron chi connectivity index (χ0n) is 16.6. The Morgan fingerprint density at radius 2 is 2.13 bits per heavy atom. The number of nitrogens with zero attached hydrogens (tertiary/aromatic N) is 2. The third-order valence-corrected chi connectivity index (χ3v) is 7.16. The van der Waals surface area contributed by atoms with Crippen LogP contribution in [0.15, 0.2) is 51.8 Å². The Labute approximate surface area is 180 Å². The predicted molar refractivity (Wildman–Crippen MR) is 119 cm³/mol. The number of rotatable bonds is 7. The minimum Gasteiger partial charge on any atom is -0.494 e. The number of amides is 1. The average molecular weight is 446 g/mol. The molecule has 0 saturated heterocycles. The topological polar surface area (TPSA) is 88.1 Å². The fraction of sp³-hybridized carbons (Fsp3) is 0.333. The maximum Gasteiger partial charge on any atom is 0.257 e. The summed E-state index contributed by atoms with van der Waals surface area (Å²) in [6, 6.07) is 13.1. The summed E-state index contributed by atoms with van der Waals surface area (Å²) < 4.78 is 33.0. The highest BCUT2D eigenvalue weighted by atomic mass is 32.2. The lowest BCUT2D eigenvalue weighted by Crippen LogP contribution is -2.35. The summed E-state index contributed by atoms with van der Waals surface area (Å²) in [4.78, 5) is 15.4. The molecule has 2 aliphatic rings. The van der Waals surface area contributed by atoms with E-state index in [1.807, 2.05) is 35.2 Å². The monoisotopic (exact) mass is 445 g/mol. The van der Waals surface area contributed by atoms with E-state index in [-0.39, 0.29) is 11.7 Å². The smallest absolute Gasteiger partial charge is 0.257 e. The van der Waals surface area contributed by atoms with Crippen LogP contribution in [0.4, 0.5) is 5.69 Å². The van der Waals surface area contributed by atoms with Gasteiger partial charge in [0.1, 0.15) is 5.75 Å². The Balaban J connectivity index is 1.41. The molecule has 0 unspecified atom stereocenters. The molecule has 2 aliphatic heterocycles. The van der Waals surface area contributed by atoms with Crippen molar-refractivity contribution in [1.82, 2.24) is 5.32 Å². The summed E-state index contributed by atoms with van der Waals surface area (Å²) in [5.74, 6) is 0.617. The van der Waals surface area contributed by atoms with Crippen LogP contribution < -0.4 is 15.0 Å². The summed E-state index contributed by atoms with van der Waals surface area (Å²) in [7, 11) is -3.40. The SMILES string of the molecule is CCCCOc1cccc(CNC(=O)c2ccc3c(c2)SC2=NS(=O)(=O)CCN23)c1. The molecular formula is C21H23N3O4S2. The van der Waals surface area contributed by atoms with E-state index < -0.39 is 10.0 Å². The molecule has 1 N–H and O–H groups in total. The molecule has 4 rings (SSSR count). The number of anilines is 1. The Morgan fingerprint density at radius 1 is 1.27 bits per heavy atom. The Bertz CT molecular complexity index is 1100. The number of ether oxygens (including phenoxy) is 1. The van der Waals surface area contributed by atoms with E-state index in [2.05, 4.69) is 16.6 Å². The van der Waals surface area contributed by atoms with Crippen LogP contribution in [0.25, 0.3) is 0 Å². The van der Waals surface area contributed by atoms with Crippen LogP contribution in [0, 0.1) is 0 Å². The van der Waals surface area contributed by atoms with Gasteiger partial charge in [0.15, 0.2) is 5.17 Å². The van der Waals surface area contributed by atoms with Gasteiger partial charge in [-0.1, -0.05) is 25.5 Å². The van der Waals surface area contributed by atoms with Crippen LogP contribution in [0.2, 0.25) is 0 Å². The van der Waals surface area contributed by atoms with Gasteiger partial charge < -0.3 is 15.0 Å². The summed E-state index contributed by atoms with van der Waals surface area (Å²) in [5.41, 5.74) is 2.38.